The first-order valence-corrected chi connectivity index (χ1v) is 8.20. The first-order valence-electron chi connectivity index (χ1n) is 7.12. The van der Waals surface area contributed by atoms with Crippen LogP contribution in [0.25, 0.3) is 0 Å². The molecule has 1 fully saturated rings. The third-order valence-corrected chi connectivity index (χ3v) is 4.32. The van der Waals surface area contributed by atoms with Crippen molar-refractivity contribution in [2.45, 2.75) is 18.9 Å². The first-order chi connectivity index (χ1) is 10.1. The van der Waals surface area contributed by atoms with Crippen LogP contribution in [0, 0.1) is 3.57 Å². The fourth-order valence-electron chi connectivity index (χ4n) is 2.51. The molecule has 1 saturated heterocycles. The van der Waals surface area contributed by atoms with E-state index in [1.54, 1.807) is 30.2 Å². The molecule has 0 spiro atoms. The Bertz CT molecular complexity index is 490. The maximum absolute atomic E-state index is 12.7. The normalized spacial score (nSPS) is 17.9. The van der Waals surface area contributed by atoms with Crippen LogP contribution >= 0.6 is 22.6 Å². The van der Waals surface area contributed by atoms with E-state index in [2.05, 4.69) is 27.9 Å². The number of phenolic OH excluding ortho intramolecular Hbond substituents is 1. The van der Waals surface area contributed by atoms with Crippen molar-refractivity contribution in [2.24, 2.45) is 0 Å². The van der Waals surface area contributed by atoms with Gasteiger partial charge in [0, 0.05) is 29.8 Å². The van der Waals surface area contributed by atoms with Gasteiger partial charge in [0.05, 0.1) is 12.2 Å². The number of rotatable bonds is 6. The van der Waals surface area contributed by atoms with E-state index in [0.29, 0.717) is 31.3 Å². The molecule has 21 heavy (non-hydrogen) atoms. The number of carbonyl (C=O) groups is 1. The summed E-state index contributed by atoms with van der Waals surface area (Å²) in [6.45, 7) is 2.67. The van der Waals surface area contributed by atoms with Gasteiger partial charge >= 0.3 is 0 Å². The Kier molecular flexibility index (Phi) is 6.25. The van der Waals surface area contributed by atoms with Crippen LogP contribution in [0.3, 0.4) is 0 Å². The molecular weight excluding hydrogens is 383 g/mol. The summed E-state index contributed by atoms with van der Waals surface area (Å²) >= 11 is 2.14. The predicted molar refractivity (Wildman–Crippen MR) is 89.6 cm³/mol. The number of phenols is 1. The van der Waals surface area contributed by atoms with Crippen molar-refractivity contribution in [2.75, 3.05) is 33.4 Å². The average molecular weight is 404 g/mol. The zero-order valence-corrected chi connectivity index (χ0v) is 14.3. The van der Waals surface area contributed by atoms with Crippen molar-refractivity contribution in [1.29, 1.82) is 0 Å². The van der Waals surface area contributed by atoms with Crippen molar-refractivity contribution >= 4 is 28.5 Å². The van der Waals surface area contributed by atoms with Gasteiger partial charge in [-0.25, -0.2) is 0 Å². The largest absolute Gasteiger partial charge is 0.507 e. The summed E-state index contributed by atoms with van der Waals surface area (Å²) in [7, 11) is 1.62. The highest BCUT2D eigenvalue weighted by Gasteiger charge is 2.24. The minimum Gasteiger partial charge on any atom is -0.507 e. The maximum atomic E-state index is 12.7. The minimum absolute atomic E-state index is 0.0298. The standard InChI is InChI=1S/C15H21IN2O3/c1-21-8-7-18(10-12-3-2-6-17-12)15(20)13-9-11(16)4-5-14(13)19/h4-5,9,12,17,19H,2-3,6-8,10H2,1H3. The monoisotopic (exact) mass is 404 g/mol. The fraction of sp³-hybridized carbons (Fsp3) is 0.533. The van der Waals surface area contributed by atoms with E-state index < -0.39 is 0 Å². The molecule has 1 atom stereocenters. The van der Waals surface area contributed by atoms with Gasteiger partial charge in [-0.2, -0.15) is 0 Å². The quantitative estimate of drug-likeness (QED) is 0.711. The molecule has 0 saturated carbocycles. The Hall–Kier alpha value is -0.860. The molecule has 1 heterocycles. The second-order valence-electron chi connectivity index (χ2n) is 5.20. The Morgan fingerprint density at radius 1 is 1.57 bits per heavy atom. The molecule has 1 aromatic carbocycles. The van der Waals surface area contributed by atoms with E-state index >= 15 is 0 Å². The van der Waals surface area contributed by atoms with Gasteiger partial charge in [0.2, 0.25) is 0 Å². The summed E-state index contributed by atoms with van der Waals surface area (Å²) in [6.07, 6.45) is 2.22. The SMILES string of the molecule is COCCN(CC1CCCN1)C(=O)c1cc(I)ccc1O. The van der Waals surface area contributed by atoms with E-state index in [1.165, 1.54) is 0 Å². The van der Waals surface area contributed by atoms with Crippen LogP contribution < -0.4 is 5.32 Å². The molecular formula is C15H21IN2O3. The third kappa shape index (κ3) is 4.55. The second-order valence-corrected chi connectivity index (χ2v) is 6.44. The molecule has 1 amide bonds. The van der Waals surface area contributed by atoms with E-state index in [4.69, 9.17) is 4.74 Å². The third-order valence-electron chi connectivity index (χ3n) is 3.64. The highest BCUT2D eigenvalue weighted by Crippen LogP contribution is 2.22. The lowest BCUT2D eigenvalue weighted by molar-refractivity contribution is 0.0676. The number of halogens is 1. The minimum atomic E-state index is -0.142. The molecule has 0 aliphatic carbocycles. The molecule has 2 N–H and O–H groups in total. The smallest absolute Gasteiger partial charge is 0.257 e. The van der Waals surface area contributed by atoms with Gasteiger partial charge in [-0.05, 0) is 60.2 Å². The van der Waals surface area contributed by atoms with Gasteiger partial charge in [0.25, 0.3) is 5.91 Å². The highest BCUT2D eigenvalue weighted by molar-refractivity contribution is 14.1. The van der Waals surface area contributed by atoms with Crippen LogP contribution in [0.5, 0.6) is 5.75 Å². The van der Waals surface area contributed by atoms with Gasteiger partial charge in [0.1, 0.15) is 5.75 Å². The topological polar surface area (TPSA) is 61.8 Å². The number of amides is 1. The molecule has 1 aromatic rings. The number of ether oxygens (including phenoxy) is 1. The number of benzene rings is 1. The van der Waals surface area contributed by atoms with Crippen molar-refractivity contribution in [3.8, 4) is 5.75 Å². The van der Waals surface area contributed by atoms with Gasteiger partial charge < -0.3 is 20.1 Å². The molecule has 116 valence electrons. The zero-order valence-electron chi connectivity index (χ0n) is 12.1. The number of aromatic hydroxyl groups is 1. The molecule has 1 aliphatic rings. The summed E-state index contributed by atoms with van der Waals surface area (Å²) in [5.74, 6) is -0.112. The van der Waals surface area contributed by atoms with E-state index in [9.17, 15) is 9.90 Å². The van der Waals surface area contributed by atoms with Crippen molar-refractivity contribution in [3.63, 3.8) is 0 Å². The number of hydrogen-bond donors (Lipinski definition) is 2. The predicted octanol–water partition coefficient (Wildman–Crippen LogP) is 1.84. The van der Waals surface area contributed by atoms with Crippen LogP contribution in [0.1, 0.15) is 23.2 Å². The summed E-state index contributed by atoms with van der Waals surface area (Å²) < 4.78 is 6.03. The number of hydrogen-bond acceptors (Lipinski definition) is 4. The molecule has 0 bridgehead atoms. The molecule has 5 nitrogen and oxygen atoms in total. The highest BCUT2D eigenvalue weighted by atomic mass is 127. The number of methoxy groups -OCH3 is 1. The number of nitrogens with one attached hydrogen (secondary N) is 1. The number of carbonyl (C=O) groups excluding carboxylic acids is 1. The van der Waals surface area contributed by atoms with E-state index in [0.717, 1.165) is 23.0 Å². The van der Waals surface area contributed by atoms with Crippen molar-refractivity contribution in [3.05, 3.63) is 27.3 Å². The van der Waals surface area contributed by atoms with Gasteiger partial charge in [-0.3, -0.25) is 4.79 Å². The molecule has 0 radical (unpaired) electrons. The van der Waals surface area contributed by atoms with Crippen molar-refractivity contribution < 1.29 is 14.6 Å². The Labute approximate surface area is 138 Å². The molecule has 2 rings (SSSR count). The average Bonchev–Trinajstić information content (AvgIpc) is 2.98. The second kappa shape index (κ2) is 7.95. The summed E-state index contributed by atoms with van der Waals surface area (Å²) in [5.41, 5.74) is 0.357. The Balaban J connectivity index is 2.13. The summed E-state index contributed by atoms with van der Waals surface area (Å²) in [4.78, 5) is 14.5. The molecule has 1 unspecified atom stereocenters. The van der Waals surface area contributed by atoms with Crippen LogP contribution in [0.15, 0.2) is 18.2 Å². The van der Waals surface area contributed by atoms with Gasteiger partial charge in [-0.1, -0.05) is 0 Å². The Morgan fingerprint density at radius 2 is 2.38 bits per heavy atom. The van der Waals surface area contributed by atoms with E-state index in [1.807, 2.05) is 0 Å². The lowest BCUT2D eigenvalue weighted by atomic mass is 10.1. The van der Waals surface area contributed by atoms with Crippen LogP contribution in [0.4, 0.5) is 0 Å². The van der Waals surface area contributed by atoms with Gasteiger partial charge in [0.15, 0.2) is 0 Å². The van der Waals surface area contributed by atoms with Crippen LogP contribution in [-0.4, -0.2) is 55.3 Å². The lowest BCUT2D eigenvalue weighted by Crippen LogP contribution is -2.42. The molecule has 1 aliphatic heterocycles. The fourth-order valence-corrected chi connectivity index (χ4v) is 3.00. The zero-order chi connectivity index (χ0) is 15.2. The van der Waals surface area contributed by atoms with Gasteiger partial charge in [-0.15, -0.1) is 0 Å². The first kappa shape index (κ1) is 16.5. The van der Waals surface area contributed by atoms with Crippen LogP contribution in [0.2, 0.25) is 0 Å². The molecule has 0 aromatic heterocycles. The summed E-state index contributed by atoms with van der Waals surface area (Å²) in [5, 5.41) is 13.3. The van der Waals surface area contributed by atoms with Crippen molar-refractivity contribution in [1.82, 2.24) is 10.2 Å². The Morgan fingerprint density at radius 3 is 3.05 bits per heavy atom. The summed E-state index contributed by atoms with van der Waals surface area (Å²) in [6, 6.07) is 5.40. The maximum Gasteiger partial charge on any atom is 0.257 e. The number of nitrogens with zero attached hydrogens (tertiary/aromatic N) is 1. The van der Waals surface area contributed by atoms with Crippen LogP contribution in [-0.2, 0) is 4.74 Å². The van der Waals surface area contributed by atoms with E-state index in [-0.39, 0.29) is 11.7 Å². The lowest BCUT2D eigenvalue weighted by Gasteiger charge is -2.26. The molecule has 6 heteroatoms.